The lowest BCUT2D eigenvalue weighted by Gasteiger charge is -2.43. The summed E-state index contributed by atoms with van der Waals surface area (Å²) in [4.78, 5) is 32.6. The van der Waals surface area contributed by atoms with Gasteiger partial charge in [-0.3, -0.25) is 9.78 Å². The van der Waals surface area contributed by atoms with Gasteiger partial charge in [-0.05, 0) is 30.5 Å². The first-order valence-corrected chi connectivity index (χ1v) is 8.28. The zero-order valence-electron chi connectivity index (χ0n) is 14.2. The van der Waals surface area contributed by atoms with Crippen LogP contribution in [0.5, 0.6) is 0 Å². The van der Waals surface area contributed by atoms with Crippen LogP contribution in [0.4, 0.5) is 10.2 Å². The molecule has 1 saturated heterocycles. The van der Waals surface area contributed by atoms with Crippen LogP contribution in [0.15, 0.2) is 36.7 Å². The Morgan fingerprint density at radius 1 is 1.30 bits per heavy atom. The maximum Gasteiger partial charge on any atom is 0.356 e. The van der Waals surface area contributed by atoms with Gasteiger partial charge in [0, 0.05) is 13.1 Å². The van der Waals surface area contributed by atoms with E-state index in [1.807, 2.05) is 0 Å². The van der Waals surface area contributed by atoms with Gasteiger partial charge in [0.15, 0.2) is 5.69 Å². The van der Waals surface area contributed by atoms with Crippen molar-refractivity contribution in [2.75, 3.05) is 18.0 Å². The first kappa shape index (κ1) is 18.7. The third kappa shape index (κ3) is 3.72. The third-order valence-electron chi connectivity index (χ3n) is 4.78. The van der Waals surface area contributed by atoms with Gasteiger partial charge < -0.3 is 20.2 Å². The SMILES string of the molecule is O=C(O)c1cncc(N2CC[C@H](O)[C@](Cc3cccc(F)c3)(C(=O)O)C2)n1. The normalized spacial score (nSPS) is 22.4. The van der Waals surface area contributed by atoms with Crippen molar-refractivity contribution in [2.45, 2.75) is 18.9 Å². The highest BCUT2D eigenvalue weighted by Gasteiger charge is 2.49. The summed E-state index contributed by atoms with van der Waals surface area (Å²) in [7, 11) is 0. The van der Waals surface area contributed by atoms with Gasteiger partial charge in [0.05, 0.1) is 18.5 Å². The van der Waals surface area contributed by atoms with Crippen LogP contribution in [0, 0.1) is 11.2 Å². The first-order valence-electron chi connectivity index (χ1n) is 8.28. The van der Waals surface area contributed by atoms with Crippen molar-refractivity contribution in [2.24, 2.45) is 5.41 Å². The van der Waals surface area contributed by atoms with Crippen LogP contribution in [-0.2, 0) is 11.2 Å². The van der Waals surface area contributed by atoms with Gasteiger partial charge in [-0.15, -0.1) is 0 Å². The molecule has 0 amide bonds. The monoisotopic (exact) mass is 375 g/mol. The molecule has 8 nitrogen and oxygen atoms in total. The number of carbonyl (C=O) groups is 2. The van der Waals surface area contributed by atoms with Gasteiger partial charge >= 0.3 is 11.9 Å². The van der Waals surface area contributed by atoms with E-state index in [2.05, 4.69) is 9.97 Å². The number of hydrogen-bond donors (Lipinski definition) is 3. The average Bonchev–Trinajstić information content (AvgIpc) is 2.63. The van der Waals surface area contributed by atoms with Gasteiger partial charge in [-0.2, -0.15) is 0 Å². The molecule has 3 N–H and O–H groups in total. The highest BCUT2D eigenvalue weighted by Crippen LogP contribution is 2.36. The molecular formula is C18H18FN3O5. The Balaban J connectivity index is 1.94. The van der Waals surface area contributed by atoms with E-state index in [0.717, 1.165) is 6.20 Å². The van der Waals surface area contributed by atoms with Gasteiger partial charge in [-0.1, -0.05) is 12.1 Å². The fourth-order valence-corrected chi connectivity index (χ4v) is 3.36. The number of hydrogen-bond acceptors (Lipinski definition) is 6. The van der Waals surface area contributed by atoms with Gasteiger partial charge in [0.2, 0.25) is 0 Å². The van der Waals surface area contributed by atoms with Crippen molar-refractivity contribution in [3.63, 3.8) is 0 Å². The largest absolute Gasteiger partial charge is 0.481 e. The number of benzene rings is 1. The van der Waals surface area contributed by atoms with Crippen LogP contribution in [0.1, 0.15) is 22.5 Å². The molecular weight excluding hydrogens is 357 g/mol. The second-order valence-electron chi connectivity index (χ2n) is 6.56. The highest BCUT2D eigenvalue weighted by molar-refractivity contribution is 5.85. The van der Waals surface area contributed by atoms with E-state index in [1.54, 1.807) is 11.0 Å². The van der Waals surface area contributed by atoms with Crippen molar-refractivity contribution in [1.82, 2.24) is 9.97 Å². The molecule has 0 aliphatic carbocycles. The number of nitrogens with zero attached hydrogens (tertiary/aromatic N) is 3. The minimum atomic E-state index is -1.59. The van der Waals surface area contributed by atoms with E-state index in [1.165, 1.54) is 24.4 Å². The van der Waals surface area contributed by atoms with E-state index in [-0.39, 0.29) is 37.4 Å². The molecule has 142 valence electrons. The molecule has 0 radical (unpaired) electrons. The molecule has 0 bridgehead atoms. The molecule has 2 aromatic rings. The molecule has 2 atom stereocenters. The molecule has 1 fully saturated rings. The number of rotatable bonds is 5. The molecule has 1 aromatic carbocycles. The summed E-state index contributed by atoms with van der Waals surface area (Å²) in [5, 5.41) is 29.5. The van der Waals surface area contributed by atoms with E-state index in [0.29, 0.717) is 5.56 Å². The number of aliphatic hydroxyl groups is 1. The molecule has 1 aliphatic heterocycles. The van der Waals surface area contributed by atoms with Crippen LogP contribution >= 0.6 is 0 Å². The summed E-state index contributed by atoms with van der Waals surface area (Å²) in [6.45, 7) is 0.175. The van der Waals surface area contributed by atoms with E-state index >= 15 is 0 Å². The molecule has 3 rings (SSSR count). The number of piperidine rings is 1. The standard InChI is InChI=1S/C18H18FN3O5/c19-12-3-1-2-11(6-12)7-18(17(26)27)10-22(5-4-14(18)23)15-9-20-8-13(21-15)16(24)25/h1-3,6,8-9,14,23H,4-5,7,10H2,(H,24,25)(H,26,27)/t14-,18+/m0/s1. The predicted molar refractivity (Wildman–Crippen MR) is 92.0 cm³/mol. The number of aliphatic hydroxyl groups excluding tert-OH is 1. The van der Waals surface area contributed by atoms with Crippen molar-refractivity contribution in [3.05, 3.63) is 53.7 Å². The van der Waals surface area contributed by atoms with Crippen molar-refractivity contribution in [3.8, 4) is 0 Å². The van der Waals surface area contributed by atoms with E-state index in [9.17, 15) is 24.2 Å². The third-order valence-corrected chi connectivity index (χ3v) is 4.78. The minimum Gasteiger partial charge on any atom is -0.481 e. The van der Waals surface area contributed by atoms with Crippen molar-refractivity contribution < 1.29 is 29.3 Å². The Morgan fingerprint density at radius 2 is 2.07 bits per heavy atom. The lowest BCUT2D eigenvalue weighted by atomic mass is 9.73. The topological polar surface area (TPSA) is 124 Å². The number of aliphatic carboxylic acids is 1. The summed E-state index contributed by atoms with van der Waals surface area (Å²) in [6, 6.07) is 5.58. The number of aromatic nitrogens is 2. The zero-order valence-corrected chi connectivity index (χ0v) is 14.2. The Hall–Kier alpha value is -3.07. The molecule has 1 aliphatic rings. The van der Waals surface area contributed by atoms with Crippen LogP contribution in [0.2, 0.25) is 0 Å². The van der Waals surface area contributed by atoms with E-state index in [4.69, 9.17) is 5.11 Å². The van der Waals surface area contributed by atoms with E-state index < -0.39 is 29.3 Å². The number of aromatic carboxylic acids is 1. The van der Waals surface area contributed by atoms with Crippen LogP contribution < -0.4 is 4.90 Å². The fraction of sp³-hybridized carbons (Fsp3) is 0.333. The van der Waals surface area contributed by atoms with Crippen LogP contribution in [0.3, 0.4) is 0 Å². The van der Waals surface area contributed by atoms with Crippen molar-refractivity contribution in [1.29, 1.82) is 0 Å². The fourth-order valence-electron chi connectivity index (χ4n) is 3.36. The molecule has 0 saturated carbocycles. The van der Waals surface area contributed by atoms with Gasteiger partial charge in [-0.25, -0.2) is 14.2 Å². The summed E-state index contributed by atoms with van der Waals surface area (Å²) < 4.78 is 13.5. The smallest absolute Gasteiger partial charge is 0.356 e. The predicted octanol–water partition coefficient (Wildman–Crippen LogP) is 1.20. The number of anilines is 1. The Morgan fingerprint density at radius 3 is 2.74 bits per heavy atom. The molecule has 9 heteroatoms. The average molecular weight is 375 g/mol. The number of halogens is 1. The summed E-state index contributed by atoms with van der Waals surface area (Å²) >= 11 is 0. The Labute approximate surface area is 153 Å². The van der Waals surface area contributed by atoms with Crippen molar-refractivity contribution >= 4 is 17.8 Å². The number of carboxylic acid groups (broad SMARTS) is 2. The van der Waals surface area contributed by atoms with Crippen LogP contribution in [-0.4, -0.2) is 56.4 Å². The Kier molecular flexibility index (Phi) is 5.04. The first-order chi connectivity index (χ1) is 12.8. The maximum absolute atomic E-state index is 13.5. The molecule has 1 aromatic heterocycles. The number of carboxylic acids is 2. The minimum absolute atomic E-state index is 0.0796. The quantitative estimate of drug-likeness (QED) is 0.712. The molecule has 0 unspecified atom stereocenters. The zero-order chi connectivity index (χ0) is 19.6. The molecule has 0 spiro atoms. The lowest BCUT2D eigenvalue weighted by molar-refractivity contribution is -0.157. The molecule has 27 heavy (non-hydrogen) atoms. The lowest BCUT2D eigenvalue weighted by Crippen LogP contribution is -2.57. The molecule has 2 heterocycles. The summed E-state index contributed by atoms with van der Waals surface area (Å²) in [5.74, 6) is -2.74. The second-order valence-corrected chi connectivity index (χ2v) is 6.56. The highest BCUT2D eigenvalue weighted by atomic mass is 19.1. The van der Waals surface area contributed by atoms with Crippen LogP contribution in [0.25, 0.3) is 0 Å². The summed E-state index contributed by atoms with van der Waals surface area (Å²) in [6.07, 6.45) is 1.36. The summed E-state index contributed by atoms with van der Waals surface area (Å²) in [5.41, 5.74) is -1.40. The second kappa shape index (κ2) is 7.28. The van der Waals surface area contributed by atoms with Gasteiger partial charge in [0.1, 0.15) is 17.1 Å². The van der Waals surface area contributed by atoms with Gasteiger partial charge in [0.25, 0.3) is 0 Å². The Bertz CT molecular complexity index is 878. The maximum atomic E-state index is 13.5.